The van der Waals surface area contributed by atoms with Crippen molar-refractivity contribution in [3.05, 3.63) is 28.8 Å². The Morgan fingerprint density at radius 3 is 2.48 bits per heavy atom. The average molecular weight is 363 g/mol. The van der Waals surface area contributed by atoms with Gasteiger partial charge in [-0.25, -0.2) is 17.5 Å². The van der Waals surface area contributed by atoms with E-state index in [1.807, 2.05) is 13.8 Å². The number of nitrogens with two attached hydrogens (primary N) is 1. The van der Waals surface area contributed by atoms with Crippen LogP contribution in [0.5, 0.6) is 0 Å². The lowest BCUT2D eigenvalue weighted by Gasteiger charge is -2.21. The molecule has 0 amide bonds. The van der Waals surface area contributed by atoms with Crippen molar-refractivity contribution in [2.24, 2.45) is 11.7 Å². The van der Waals surface area contributed by atoms with Crippen LogP contribution in [-0.2, 0) is 14.8 Å². The van der Waals surface area contributed by atoms with Gasteiger partial charge in [-0.1, -0.05) is 25.4 Å². The van der Waals surface area contributed by atoms with Crippen LogP contribution in [-0.4, -0.2) is 45.4 Å². The number of carbonyl (C=O) groups is 1. The predicted octanol–water partition coefficient (Wildman–Crippen LogP) is 2.12. The maximum Gasteiger partial charge on any atom is 0.337 e. The molecule has 0 fully saturated rings. The topological polar surface area (TPSA) is 89.7 Å². The lowest BCUT2D eigenvalue weighted by Crippen LogP contribution is -2.34. The van der Waals surface area contributed by atoms with Gasteiger partial charge < -0.3 is 10.5 Å². The Bertz CT molecular complexity index is 661. The van der Waals surface area contributed by atoms with Crippen LogP contribution in [0.1, 0.15) is 30.6 Å². The molecule has 0 radical (unpaired) electrons. The summed E-state index contributed by atoms with van der Waals surface area (Å²) in [6.45, 7) is 4.25. The number of methoxy groups -OCH3 is 1. The molecule has 6 nitrogen and oxygen atoms in total. The summed E-state index contributed by atoms with van der Waals surface area (Å²) in [6.07, 6.45) is 0.540. The second kappa shape index (κ2) is 8.10. The van der Waals surface area contributed by atoms with Gasteiger partial charge in [0.25, 0.3) is 0 Å². The molecule has 0 spiro atoms. The molecule has 23 heavy (non-hydrogen) atoms. The molecule has 0 saturated carbocycles. The van der Waals surface area contributed by atoms with E-state index in [2.05, 4.69) is 4.74 Å². The largest absolute Gasteiger partial charge is 0.465 e. The Hall–Kier alpha value is -1.15. The number of rotatable bonds is 7. The molecule has 0 aromatic heterocycles. The van der Waals surface area contributed by atoms with E-state index in [9.17, 15) is 13.2 Å². The second-order valence-electron chi connectivity index (χ2n) is 5.69. The van der Waals surface area contributed by atoms with Crippen molar-refractivity contribution in [3.8, 4) is 0 Å². The molecule has 1 aromatic carbocycles. The fraction of sp³-hybridized carbons (Fsp3) is 0.533. The van der Waals surface area contributed by atoms with Crippen molar-refractivity contribution >= 4 is 27.6 Å². The highest BCUT2D eigenvalue weighted by atomic mass is 35.5. The van der Waals surface area contributed by atoms with E-state index in [0.29, 0.717) is 6.42 Å². The molecule has 8 heteroatoms. The standard InChI is InChI=1S/C15H23ClN2O4S/c1-10(2)14(17)5-6-18(3)23(20,21)13-8-11(15(19)22-4)7-12(16)9-13/h7-10,14H,5-6,17H2,1-4H3. The van der Waals surface area contributed by atoms with Crippen molar-refractivity contribution in [2.75, 3.05) is 20.7 Å². The van der Waals surface area contributed by atoms with Gasteiger partial charge in [0.2, 0.25) is 10.0 Å². The lowest BCUT2D eigenvalue weighted by atomic mass is 10.0. The maximum atomic E-state index is 12.6. The lowest BCUT2D eigenvalue weighted by molar-refractivity contribution is 0.0600. The van der Waals surface area contributed by atoms with Crippen molar-refractivity contribution in [1.82, 2.24) is 4.31 Å². The summed E-state index contributed by atoms with van der Waals surface area (Å²) in [6, 6.07) is 3.84. The first-order chi connectivity index (χ1) is 10.6. The van der Waals surface area contributed by atoms with E-state index in [4.69, 9.17) is 17.3 Å². The summed E-state index contributed by atoms with van der Waals surface area (Å²) in [4.78, 5) is 11.5. The minimum atomic E-state index is -3.76. The fourth-order valence-electron chi connectivity index (χ4n) is 1.91. The van der Waals surface area contributed by atoms with Gasteiger partial charge in [0.15, 0.2) is 0 Å². The number of benzene rings is 1. The molecular weight excluding hydrogens is 340 g/mol. The van der Waals surface area contributed by atoms with Gasteiger partial charge >= 0.3 is 5.97 Å². The van der Waals surface area contributed by atoms with Gasteiger partial charge in [0, 0.05) is 24.7 Å². The third kappa shape index (κ3) is 5.17. The molecule has 0 aliphatic rings. The summed E-state index contributed by atoms with van der Waals surface area (Å²) in [5.41, 5.74) is 6.04. The van der Waals surface area contributed by atoms with Crippen LogP contribution >= 0.6 is 11.6 Å². The Balaban J connectivity index is 3.03. The molecule has 0 bridgehead atoms. The fourth-order valence-corrected chi connectivity index (χ4v) is 3.47. The maximum absolute atomic E-state index is 12.6. The Kier molecular flexibility index (Phi) is 7.01. The highest BCUT2D eigenvalue weighted by Crippen LogP contribution is 2.22. The van der Waals surface area contributed by atoms with Gasteiger partial charge in [0.05, 0.1) is 17.6 Å². The number of hydrogen-bond donors (Lipinski definition) is 1. The van der Waals surface area contributed by atoms with Crippen LogP contribution in [0.4, 0.5) is 0 Å². The number of carbonyl (C=O) groups excluding carboxylic acids is 1. The number of esters is 1. The summed E-state index contributed by atoms with van der Waals surface area (Å²) in [7, 11) is -1.07. The van der Waals surface area contributed by atoms with E-state index in [1.165, 1.54) is 36.7 Å². The summed E-state index contributed by atoms with van der Waals surface area (Å²) < 4.78 is 31.0. The molecule has 0 saturated heterocycles. The van der Waals surface area contributed by atoms with Crippen LogP contribution < -0.4 is 5.73 Å². The zero-order valence-corrected chi connectivity index (χ0v) is 15.3. The number of halogens is 1. The van der Waals surface area contributed by atoms with Crippen molar-refractivity contribution < 1.29 is 17.9 Å². The normalized spacial score (nSPS) is 13.4. The summed E-state index contributed by atoms with van der Waals surface area (Å²) in [5.74, 6) is -0.378. The van der Waals surface area contributed by atoms with E-state index >= 15 is 0 Å². The van der Waals surface area contributed by atoms with E-state index in [-0.39, 0.29) is 34.0 Å². The van der Waals surface area contributed by atoms with Crippen LogP contribution in [0, 0.1) is 5.92 Å². The first-order valence-electron chi connectivity index (χ1n) is 7.20. The summed E-state index contributed by atoms with van der Waals surface area (Å²) in [5, 5.41) is 0.152. The molecule has 0 heterocycles. The zero-order valence-electron chi connectivity index (χ0n) is 13.7. The SMILES string of the molecule is COC(=O)c1cc(Cl)cc(S(=O)(=O)N(C)CCC(N)C(C)C)c1. The van der Waals surface area contributed by atoms with Gasteiger partial charge in [-0.2, -0.15) is 0 Å². The van der Waals surface area contributed by atoms with E-state index in [0.717, 1.165) is 0 Å². The summed E-state index contributed by atoms with van der Waals surface area (Å²) >= 11 is 5.92. The van der Waals surface area contributed by atoms with Gasteiger partial charge in [-0.15, -0.1) is 0 Å². The molecule has 1 aromatic rings. The third-order valence-corrected chi connectivity index (χ3v) is 5.69. The monoisotopic (exact) mass is 362 g/mol. The van der Waals surface area contributed by atoms with Gasteiger partial charge in [0.1, 0.15) is 0 Å². The Labute approximate surface area is 142 Å². The Morgan fingerprint density at radius 2 is 1.96 bits per heavy atom. The van der Waals surface area contributed by atoms with Crippen LogP contribution in [0.15, 0.2) is 23.1 Å². The molecule has 1 rings (SSSR count). The number of hydrogen-bond acceptors (Lipinski definition) is 5. The van der Waals surface area contributed by atoms with Gasteiger partial charge in [-0.05, 0) is 30.5 Å². The third-order valence-electron chi connectivity index (χ3n) is 3.63. The minimum absolute atomic E-state index is 0.0500. The number of ether oxygens (including phenoxy) is 1. The minimum Gasteiger partial charge on any atom is -0.465 e. The van der Waals surface area contributed by atoms with Crippen LogP contribution in [0.3, 0.4) is 0 Å². The molecule has 130 valence electrons. The number of nitrogens with zero attached hydrogens (tertiary/aromatic N) is 1. The van der Waals surface area contributed by atoms with Crippen molar-refractivity contribution in [3.63, 3.8) is 0 Å². The van der Waals surface area contributed by atoms with E-state index < -0.39 is 16.0 Å². The second-order valence-corrected chi connectivity index (χ2v) is 8.17. The first-order valence-corrected chi connectivity index (χ1v) is 9.02. The average Bonchev–Trinajstić information content (AvgIpc) is 2.50. The van der Waals surface area contributed by atoms with Crippen LogP contribution in [0.2, 0.25) is 5.02 Å². The molecule has 1 atom stereocenters. The molecule has 0 aliphatic heterocycles. The first kappa shape index (κ1) is 19.9. The number of sulfonamides is 1. The van der Waals surface area contributed by atoms with E-state index in [1.54, 1.807) is 0 Å². The van der Waals surface area contributed by atoms with Crippen molar-refractivity contribution in [2.45, 2.75) is 31.2 Å². The molecule has 1 unspecified atom stereocenters. The molecule has 0 aliphatic carbocycles. The van der Waals surface area contributed by atoms with Gasteiger partial charge in [-0.3, -0.25) is 0 Å². The Morgan fingerprint density at radius 1 is 1.35 bits per heavy atom. The molecular formula is C15H23ClN2O4S. The van der Waals surface area contributed by atoms with Crippen LogP contribution in [0.25, 0.3) is 0 Å². The highest BCUT2D eigenvalue weighted by molar-refractivity contribution is 7.89. The predicted molar refractivity (Wildman–Crippen MR) is 90.0 cm³/mol. The highest BCUT2D eigenvalue weighted by Gasteiger charge is 2.24. The quantitative estimate of drug-likeness (QED) is 0.750. The molecule has 2 N–H and O–H groups in total. The smallest absolute Gasteiger partial charge is 0.337 e. The van der Waals surface area contributed by atoms with Crippen molar-refractivity contribution in [1.29, 1.82) is 0 Å². The zero-order chi connectivity index (χ0) is 17.8.